The Morgan fingerprint density at radius 3 is 1.38 bits per heavy atom. The summed E-state index contributed by atoms with van der Waals surface area (Å²) in [6, 6.07) is 0. The number of rotatable bonds is 4. The summed E-state index contributed by atoms with van der Waals surface area (Å²) in [5.74, 6) is -5.19. The van der Waals surface area contributed by atoms with Gasteiger partial charge in [0, 0.05) is 0 Å². The summed E-state index contributed by atoms with van der Waals surface area (Å²) in [6.07, 6.45) is 0. The number of alkyl halides is 7. The zero-order chi connectivity index (χ0) is 10.9. The van der Waals surface area contributed by atoms with Gasteiger partial charge in [0.15, 0.2) is 5.34 Å². The fraction of sp³-hybridized carbons (Fsp3) is 1.00. The van der Waals surface area contributed by atoms with E-state index in [1.54, 1.807) is 0 Å². The maximum absolute atomic E-state index is 12.5. The number of nitrogens with zero attached hydrogens (tertiary/aromatic N) is 1. The molecule has 0 spiro atoms. The third-order valence-corrected chi connectivity index (χ3v) is 1.38. The summed E-state index contributed by atoms with van der Waals surface area (Å²) < 4.78 is 60.4. The molecule has 0 rings (SSSR count). The maximum atomic E-state index is 12.5. The van der Waals surface area contributed by atoms with Gasteiger partial charge in [-0.3, -0.25) is 0 Å². The topological polar surface area (TPSA) is 38.7 Å². The number of halogens is 7. The molecular weight excluding hydrogens is 248 g/mol. The lowest BCUT2D eigenvalue weighted by atomic mass is 10.3. The predicted molar refractivity (Wildman–Crippen MR) is 32.3 cm³/mol. The smallest absolute Gasteiger partial charge is 0.306 e. The van der Waals surface area contributed by atoms with Crippen molar-refractivity contribution in [3.63, 3.8) is 0 Å². The van der Waals surface area contributed by atoms with E-state index in [1.807, 2.05) is 0 Å². The second kappa shape index (κ2) is 3.41. The second-order valence-corrected chi connectivity index (χ2v) is 2.71. The van der Waals surface area contributed by atoms with Crippen LogP contribution in [0.5, 0.6) is 0 Å². The van der Waals surface area contributed by atoms with Crippen LogP contribution in [0.2, 0.25) is 0 Å². The van der Waals surface area contributed by atoms with Crippen molar-refractivity contribution in [2.24, 2.45) is 5.34 Å². The molecule has 0 radical (unpaired) electrons. The first-order chi connectivity index (χ1) is 5.56. The predicted octanol–water partition coefficient (Wildman–Crippen LogP) is 3.01. The fourth-order valence-corrected chi connectivity index (χ4v) is 0.670. The van der Waals surface area contributed by atoms with Gasteiger partial charge in [-0.2, -0.15) is 22.0 Å². The molecule has 13 heavy (non-hydrogen) atoms. The SMILES string of the molecule is O=NOC(F)(C(F)(F)Cl)C(F)(F)Cl. The van der Waals surface area contributed by atoms with Gasteiger partial charge >= 0.3 is 16.6 Å². The van der Waals surface area contributed by atoms with Gasteiger partial charge in [0.25, 0.3) is 0 Å². The lowest BCUT2D eigenvalue weighted by Crippen LogP contribution is -2.53. The monoisotopic (exact) mass is 247 g/mol. The van der Waals surface area contributed by atoms with Crippen LogP contribution in [0.25, 0.3) is 0 Å². The molecule has 0 unspecified atom stereocenters. The van der Waals surface area contributed by atoms with E-state index in [0.717, 1.165) is 5.34 Å². The highest BCUT2D eigenvalue weighted by atomic mass is 35.5. The Morgan fingerprint density at radius 2 is 1.31 bits per heavy atom. The average Bonchev–Trinajstić information content (AvgIpc) is 1.82. The summed E-state index contributed by atoms with van der Waals surface area (Å²) >= 11 is 7.81. The molecule has 0 aromatic heterocycles. The van der Waals surface area contributed by atoms with Crippen LogP contribution in [0.3, 0.4) is 0 Å². The van der Waals surface area contributed by atoms with Crippen LogP contribution in [0.4, 0.5) is 22.0 Å². The van der Waals surface area contributed by atoms with Crippen molar-refractivity contribution in [2.45, 2.75) is 16.6 Å². The second-order valence-electron chi connectivity index (χ2n) is 1.76. The summed E-state index contributed by atoms with van der Waals surface area (Å²) in [7, 11) is 0. The third kappa shape index (κ3) is 2.31. The minimum atomic E-state index is -5.20. The van der Waals surface area contributed by atoms with Crippen molar-refractivity contribution < 1.29 is 26.8 Å². The van der Waals surface area contributed by atoms with E-state index < -0.39 is 16.6 Å². The lowest BCUT2D eigenvalue weighted by Gasteiger charge is -2.27. The van der Waals surface area contributed by atoms with E-state index in [0.29, 0.717) is 0 Å². The van der Waals surface area contributed by atoms with Crippen LogP contribution in [-0.2, 0) is 4.84 Å². The molecule has 0 fully saturated rings. The zero-order valence-corrected chi connectivity index (χ0v) is 6.92. The largest absolute Gasteiger partial charge is 0.429 e. The van der Waals surface area contributed by atoms with E-state index in [-0.39, 0.29) is 0 Å². The van der Waals surface area contributed by atoms with E-state index in [4.69, 9.17) is 0 Å². The molecule has 10 heteroatoms. The summed E-state index contributed by atoms with van der Waals surface area (Å²) in [5.41, 5.74) is 0. The first-order valence-corrected chi connectivity index (χ1v) is 3.15. The molecule has 0 N–H and O–H groups in total. The van der Waals surface area contributed by atoms with Gasteiger partial charge in [-0.15, -0.1) is 4.91 Å². The Labute approximate surface area is 77.7 Å². The molecule has 0 saturated heterocycles. The Bertz CT molecular complexity index is 187. The minimum Gasteiger partial charge on any atom is -0.306 e. The summed E-state index contributed by atoms with van der Waals surface area (Å²) in [4.78, 5) is 11.8. The van der Waals surface area contributed by atoms with Gasteiger partial charge in [-0.25, -0.2) is 0 Å². The molecule has 0 aromatic rings. The molecule has 0 aliphatic rings. The van der Waals surface area contributed by atoms with Crippen LogP contribution in [-0.4, -0.2) is 16.6 Å². The highest BCUT2D eigenvalue weighted by molar-refractivity contribution is 6.26. The highest BCUT2D eigenvalue weighted by Gasteiger charge is 2.73. The van der Waals surface area contributed by atoms with Crippen LogP contribution >= 0.6 is 23.2 Å². The standard InChI is InChI=1S/C3Cl2F5NO2/c4-2(7,8)1(6,13-11-12)3(5,9)10. The van der Waals surface area contributed by atoms with Crippen LogP contribution in [0, 0.1) is 4.91 Å². The van der Waals surface area contributed by atoms with Crippen molar-refractivity contribution in [1.82, 2.24) is 0 Å². The molecule has 0 aliphatic heterocycles. The van der Waals surface area contributed by atoms with E-state index >= 15 is 0 Å². The molecule has 0 aromatic carbocycles. The Kier molecular flexibility index (Phi) is 3.31. The Morgan fingerprint density at radius 1 is 1.00 bits per heavy atom. The average molecular weight is 248 g/mol. The number of hydrogen-bond donors (Lipinski definition) is 0. The molecule has 0 bridgehead atoms. The van der Waals surface area contributed by atoms with Gasteiger partial charge in [-0.1, -0.05) is 0 Å². The van der Waals surface area contributed by atoms with Crippen LogP contribution in [0.1, 0.15) is 0 Å². The van der Waals surface area contributed by atoms with E-state index in [2.05, 4.69) is 28.0 Å². The molecule has 0 saturated carbocycles. The van der Waals surface area contributed by atoms with Gasteiger partial charge in [0.05, 0.1) is 0 Å². The van der Waals surface area contributed by atoms with Crippen molar-refractivity contribution in [3.8, 4) is 0 Å². The van der Waals surface area contributed by atoms with Gasteiger partial charge in [0.1, 0.15) is 0 Å². The van der Waals surface area contributed by atoms with Crippen molar-refractivity contribution in [1.29, 1.82) is 0 Å². The molecule has 78 valence electrons. The molecule has 0 amide bonds. The van der Waals surface area contributed by atoms with Crippen molar-refractivity contribution in [2.75, 3.05) is 0 Å². The molecule has 3 nitrogen and oxygen atoms in total. The van der Waals surface area contributed by atoms with Crippen molar-refractivity contribution in [3.05, 3.63) is 4.91 Å². The van der Waals surface area contributed by atoms with Crippen molar-refractivity contribution >= 4 is 23.2 Å². The van der Waals surface area contributed by atoms with Gasteiger partial charge < -0.3 is 4.84 Å². The van der Waals surface area contributed by atoms with Gasteiger partial charge in [0.2, 0.25) is 0 Å². The lowest BCUT2D eigenvalue weighted by molar-refractivity contribution is -0.312. The number of hydrogen-bond acceptors (Lipinski definition) is 3. The quantitative estimate of drug-likeness (QED) is 0.332. The first kappa shape index (κ1) is 12.6. The Balaban J connectivity index is 5.07. The highest BCUT2D eigenvalue weighted by Crippen LogP contribution is 2.49. The molecule has 0 aliphatic carbocycles. The summed E-state index contributed by atoms with van der Waals surface area (Å²) in [5, 5.41) is -9.32. The maximum Gasteiger partial charge on any atom is 0.429 e. The Hall–Kier alpha value is -0.370. The normalized spacial score (nSPS) is 14.1. The summed E-state index contributed by atoms with van der Waals surface area (Å²) in [6.45, 7) is 0. The first-order valence-electron chi connectivity index (χ1n) is 2.39. The fourth-order valence-electron chi connectivity index (χ4n) is 0.316. The zero-order valence-electron chi connectivity index (χ0n) is 5.41. The van der Waals surface area contributed by atoms with Crippen LogP contribution in [0.15, 0.2) is 5.34 Å². The third-order valence-electron chi connectivity index (χ3n) is 0.892. The molecular formula is C3Cl2F5NO2. The minimum absolute atomic E-state index is 1.09. The van der Waals surface area contributed by atoms with E-state index in [9.17, 15) is 26.9 Å². The molecule has 0 atom stereocenters. The van der Waals surface area contributed by atoms with E-state index in [1.165, 1.54) is 0 Å². The van der Waals surface area contributed by atoms with Crippen LogP contribution < -0.4 is 0 Å². The van der Waals surface area contributed by atoms with Gasteiger partial charge in [-0.05, 0) is 23.2 Å². The molecule has 0 heterocycles.